The van der Waals surface area contributed by atoms with E-state index in [-0.39, 0.29) is 12.5 Å². The molecule has 0 fully saturated rings. The molecule has 6 nitrogen and oxygen atoms in total. The van der Waals surface area contributed by atoms with Crippen LogP contribution in [0.2, 0.25) is 0 Å². The lowest BCUT2D eigenvalue weighted by Crippen LogP contribution is -2.43. The largest absolute Gasteiger partial charge is 0.484 e. The van der Waals surface area contributed by atoms with Crippen molar-refractivity contribution in [3.8, 4) is 5.75 Å². The van der Waals surface area contributed by atoms with Gasteiger partial charge in [-0.25, -0.2) is 4.99 Å². The molecule has 0 unspecified atom stereocenters. The highest BCUT2D eigenvalue weighted by atomic mass is 16.5. The summed E-state index contributed by atoms with van der Waals surface area (Å²) in [6.07, 6.45) is 3.29. The fourth-order valence-electron chi connectivity index (χ4n) is 3.50. The van der Waals surface area contributed by atoms with E-state index >= 15 is 0 Å². The molecule has 0 spiro atoms. The molecule has 0 aliphatic carbocycles. The van der Waals surface area contributed by atoms with E-state index in [1.807, 2.05) is 31.2 Å². The summed E-state index contributed by atoms with van der Waals surface area (Å²) in [6, 6.07) is 18.3. The van der Waals surface area contributed by atoms with Crippen molar-refractivity contribution in [1.82, 2.24) is 15.5 Å². The lowest BCUT2D eigenvalue weighted by Gasteiger charge is -2.30. The van der Waals surface area contributed by atoms with Gasteiger partial charge >= 0.3 is 0 Å². The quantitative estimate of drug-likeness (QED) is 0.507. The maximum atomic E-state index is 11.6. The fourth-order valence-corrected chi connectivity index (χ4v) is 3.50. The van der Waals surface area contributed by atoms with Crippen LogP contribution in [0.5, 0.6) is 5.75 Å². The number of benzene rings is 2. The van der Waals surface area contributed by atoms with Crippen LogP contribution in [0.25, 0.3) is 5.57 Å². The van der Waals surface area contributed by atoms with Gasteiger partial charge in [0, 0.05) is 26.2 Å². The molecule has 1 aliphatic heterocycles. The van der Waals surface area contributed by atoms with E-state index in [0.29, 0.717) is 18.8 Å². The summed E-state index contributed by atoms with van der Waals surface area (Å²) in [5.41, 5.74) is 3.74. The van der Waals surface area contributed by atoms with Gasteiger partial charge in [0.1, 0.15) is 5.75 Å². The average molecular weight is 421 g/mol. The number of amides is 1. The van der Waals surface area contributed by atoms with Gasteiger partial charge < -0.3 is 20.3 Å². The Morgan fingerprint density at radius 2 is 1.87 bits per heavy atom. The number of guanidine groups is 1. The zero-order valence-corrected chi connectivity index (χ0v) is 18.4. The molecule has 31 heavy (non-hydrogen) atoms. The number of carbonyl (C=O) groups is 1. The van der Waals surface area contributed by atoms with Gasteiger partial charge in [-0.1, -0.05) is 48.5 Å². The van der Waals surface area contributed by atoms with Crippen molar-refractivity contribution in [3.05, 3.63) is 71.8 Å². The Bertz CT molecular complexity index is 909. The summed E-state index contributed by atoms with van der Waals surface area (Å²) in [7, 11) is 0. The van der Waals surface area contributed by atoms with Crippen LogP contribution in [-0.2, 0) is 11.3 Å². The number of aliphatic imine (C=N–C) groups is 1. The van der Waals surface area contributed by atoms with Crippen LogP contribution in [0.3, 0.4) is 0 Å². The van der Waals surface area contributed by atoms with Gasteiger partial charge in [0.2, 0.25) is 0 Å². The number of carbonyl (C=O) groups excluding carboxylic acids is 1. The lowest BCUT2D eigenvalue weighted by molar-refractivity contribution is -0.122. The van der Waals surface area contributed by atoms with Crippen LogP contribution in [0, 0.1) is 0 Å². The Morgan fingerprint density at radius 3 is 2.58 bits per heavy atom. The SMILES string of the molecule is CCNC(=O)COc1cccc(CN=C(NCC)N2CC=C(c3ccccc3)CC2)c1. The molecule has 0 aromatic heterocycles. The summed E-state index contributed by atoms with van der Waals surface area (Å²) in [5.74, 6) is 1.48. The molecule has 164 valence electrons. The molecule has 0 saturated carbocycles. The van der Waals surface area contributed by atoms with E-state index in [9.17, 15) is 4.79 Å². The second-order valence-corrected chi connectivity index (χ2v) is 7.35. The van der Waals surface area contributed by atoms with E-state index in [4.69, 9.17) is 9.73 Å². The van der Waals surface area contributed by atoms with E-state index < -0.39 is 0 Å². The smallest absolute Gasteiger partial charge is 0.257 e. The number of ether oxygens (including phenoxy) is 1. The average Bonchev–Trinajstić information content (AvgIpc) is 2.82. The molecule has 2 aromatic carbocycles. The highest BCUT2D eigenvalue weighted by Crippen LogP contribution is 2.22. The monoisotopic (exact) mass is 420 g/mol. The molecule has 3 rings (SSSR count). The van der Waals surface area contributed by atoms with Crippen LogP contribution in [-0.4, -0.2) is 49.6 Å². The second kappa shape index (κ2) is 11.8. The first-order valence-electron chi connectivity index (χ1n) is 11.0. The van der Waals surface area contributed by atoms with Gasteiger partial charge in [0.05, 0.1) is 6.54 Å². The van der Waals surface area contributed by atoms with Crippen LogP contribution >= 0.6 is 0 Å². The standard InChI is InChI=1S/C25H32N4O2/c1-3-26-24(30)19-31-23-12-8-9-20(17-23)18-28-25(27-4-2)29-15-13-22(14-16-29)21-10-6-5-7-11-21/h5-13,17H,3-4,14-16,18-19H2,1-2H3,(H,26,30)(H,27,28). The Kier molecular flexibility index (Phi) is 8.52. The predicted molar refractivity (Wildman–Crippen MR) is 126 cm³/mol. The van der Waals surface area contributed by atoms with E-state index in [1.165, 1.54) is 11.1 Å². The molecule has 1 aliphatic rings. The third-order valence-corrected chi connectivity index (χ3v) is 5.04. The summed E-state index contributed by atoms with van der Waals surface area (Å²) < 4.78 is 5.59. The van der Waals surface area contributed by atoms with Crippen molar-refractivity contribution in [2.75, 3.05) is 32.8 Å². The first-order chi connectivity index (χ1) is 15.2. The van der Waals surface area contributed by atoms with Crippen molar-refractivity contribution in [1.29, 1.82) is 0 Å². The van der Waals surface area contributed by atoms with Crippen LogP contribution < -0.4 is 15.4 Å². The maximum absolute atomic E-state index is 11.6. The summed E-state index contributed by atoms with van der Waals surface area (Å²) >= 11 is 0. The Balaban J connectivity index is 1.62. The number of hydrogen-bond acceptors (Lipinski definition) is 3. The predicted octanol–water partition coefficient (Wildman–Crippen LogP) is 3.46. The van der Waals surface area contributed by atoms with Crippen LogP contribution in [0.15, 0.2) is 65.7 Å². The zero-order valence-electron chi connectivity index (χ0n) is 18.4. The molecule has 0 radical (unpaired) electrons. The van der Waals surface area contributed by atoms with Crippen molar-refractivity contribution in [2.24, 2.45) is 4.99 Å². The highest BCUT2D eigenvalue weighted by Gasteiger charge is 2.16. The maximum Gasteiger partial charge on any atom is 0.257 e. The number of hydrogen-bond donors (Lipinski definition) is 2. The fraction of sp³-hybridized carbons (Fsp3) is 0.360. The number of likely N-dealkylation sites (N-methyl/N-ethyl adjacent to an activating group) is 1. The van der Waals surface area contributed by atoms with Gasteiger partial charge in [0.25, 0.3) is 5.91 Å². The highest BCUT2D eigenvalue weighted by molar-refractivity contribution is 5.81. The number of nitrogens with one attached hydrogen (secondary N) is 2. The molecule has 2 aromatic rings. The third-order valence-electron chi connectivity index (χ3n) is 5.04. The first-order valence-corrected chi connectivity index (χ1v) is 11.0. The van der Waals surface area contributed by atoms with Crippen LogP contribution in [0.4, 0.5) is 0 Å². The molecular weight excluding hydrogens is 388 g/mol. The molecule has 2 N–H and O–H groups in total. The number of nitrogens with zero attached hydrogens (tertiary/aromatic N) is 2. The van der Waals surface area contributed by atoms with E-state index in [0.717, 1.165) is 37.6 Å². The second-order valence-electron chi connectivity index (χ2n) is 7.35. The van der Waals surface area contributed by atoms with Crippen LogP contribution in [0.1, 0.15) is 31.4 Å². The topological polar surface area (TPSA) is 66.0 Å². The van der Waals surface area contributed by atoms with Gasteiger partial charge in [-0.2, -0.15) is 0 Å². The Labute approximate surface area is 185 Å². The minimum atomic E-state index is -0.117. The molecule has 1 amide bonds. The minimum absolute atomic E-state index is 0.0209. The van der Waals surface area contributed by atoms with Gasteiger partial charge in [-0.3, -0.25) is 4.79 Å². The first kappa shape index (κ1) is 22.4. The van der Waals surface area contributed by atoms with E-state index in [1.54, 1.807) is 0 Å². The third kappa shape index (κ3) is 6.88. The molecule has 0 atom stereocenters. The zero-order chi connectivity index (χ0) is 21.9. The minimum Gasteiger partial charge on any atom is -0.484 e. The van der Waals surface area contributed by atoms with Gasteiger partial charge in [0.15, 0.2) is 12.6 Å². The number of rotatable bonds is 8. The summed E-state index contributed by atoms with van der Waals surface area (Å²) in [6.45, 7) is 7.73. The molecular formula is C25H32N4O2. The lowest BCUT2D eigenvalue weighted by atomic mass is 10.00. The van der Waals surface area contributed by atoms with Crippen molar-refractivity contribution >= 4 is 17.4 Å². The van der Waals surface area contributed by atoms with Crippen molar-refractivity contribution in [2.45, 2.75) is 26.8 Å². The summed E-state index contributed by atoms with van der Waals surface area (Å²) in [5, 5.41) is 6.14. The van der Waals surface area contributed by atoms with Gasteiger partial charge in [-0.15, -0.1) is 0 Å². The molecule has 0 saturated heterocycles. The van der Waals surface area contributed by atoms with Crippen molar-refractivity contribution < 1.29 is 9.53 Å². The molecule has 0 bridgehead atoms. The normalized spacial score (nSPS) is 14.1. The van der Waals surface area contributed by atoms with Gasteiger partial charge in [-0.05, 0) is 49.1 Å². The Morgan fingerprint density at radius 1 is 1.06 bits per heavy atom. The van der Waals surface area contributed by atoms with Crippen molar-refractivity contribution in [3.63, 3.8) is 0 Å². The van der Waals surface area contributed by atoms with E-state index in [2.05, 4.69) is 58.9 Å². The molecule has 6 heteroatoms. The Hall–Kier alpha value is -3.28. The summed E-state index contributed by atoms with van der Waals surface area (Å²) in [4.78, 5) is 18.7. The molecule has 1 heterocycles.